The van der Waals surface area contributed by atoms with Crippen LogP contribution in [-0.2, 0) is 11.3 Å². The summed E-state index contributed by atoms with van der Waals surface area (Å²) in [5, 5.41) is 17.2. The SMILES string of the molecule is O=C(CSc1nnc(-c2nn(Cc3ccccc3)c(=O)c3ccccc23)o1)NCCC1=CCCCC1. The molecule has 0 radical (unpaired) electrons. The van der Waals surface area contributed by atoms with Crippen LogP contribution in [0.3, 0.4) is 0 Å². The average Bonchev–Trinajstić information content (AvgIpc) is 3.39. The minimum Gasteiger partial charge on any atom is -0.409 e. The molecule has 4 aromatic rings. The highest BCUT2D eigenvalue weighted by Gasteiger charge is 2.18. The lowest BCUT2D eigenvalue weighted by molar-refractivity contribution is -0.118. The Balaban J connectivity index is 1.29. The zero-order valence-electron chi connectivity index (χ0n) is 19.9. The Bertz CT molecular complexity index is 1440. The lowest BCUT2D eigenvalue weighted by atomic mass is 9.97. The minimum atomic E-state index is -0.187. The van der Waals surface area contributed by atoms with E-state index in [1.165, 1.54) is 34.9 Å². The van der Waals surface area contributed by atoms with Gasteiger partial charge in [-0.05, 0) is 43.7 Å². The van der Waals surface area contributed by atoms with Gasteiger partial charge >= 0.3 is 0 Å². The van der Waals surface area contributed by atoms with Crippen molar-refractivity contribution in [2.75, 3.05) is 12.3 Å². The van der Waals surface area contributed by atoms with Gasteiger partial charge in [-0.1, -0.05) is 71.9 Å². The van der Waals surface area contributed by atoms with E-state index < -0.39 is 0 Å². The lowest BCUT2D eigenvalue weighted by Gasteiger charge is -2.12. The van der Waals surface area contributed by atoms with E-state index in [2.05, 4.69) is 26.7 Å². The highest BCUT2D eigenvalue weighted by molar-refractivity contribution is 7.99. The predicted octanol–water partition coefficient (Wildman–Crippen LogP) is 4.59. The van der Waals surface area contributed by atoms with E-state index in [-0.39, 0.29) is 28.3 Å². The molecular weight excluding hydrogens is 474 g/mol. The molecule has 0 saturated carbocycles. The van der Waals surface area contributed by atoms with Gasteiger partial charge in [-0.15, -0.1) is 10.2 Å². The smallest absolute Gasteiger partial charge is 0.277 e. The standard InChI is InChI=1S/C27H27N5O3S/c33-23(28-16-15-19-9-3-1-4-10-19)18-36-27-30-29-25(35-27)24-21-13-7-8-14-22(21)26(34)32(31-24)17-20-11-5-2-6-12-20/h2,5-9,11-14H,1,3-4,10,15-18H2,(H,28,33). The van der Waals surface area contributed by atoms with E-state index in [9.17, 15) is 9.59 Å². The van der Waals surface area contributed by atoms with Crippen molar-refractivity contribution < 1.29 is 9.21 Å². The summed E-state index contributed by atoms with van der Waals surface area (Å²) < 4.78 is 7.26. The molecule has 0 bridgehead atoms. The van der Waals surface area contributed by atoms with Gasteiger partial charge in [-0.3, -0.25) is 9.59 Å². The first kappa shape index (κ1) is 24.0. The van der Waals surface area contributed by atoms with E-state index >= 15 is 0 Å². The molecular formula is C27H27N5O3S. The van der Waals surface area contributed by atoms with Crippen molar-refractivity contribution >= 4 is 28.4 Å². The van der Waals surface area contributed by atoms with Crippen LogP contribution in [0.2, 0.25) is 0 Å². The second-order valence-corrected chi connectivity index (χ2v) is 9.64. The number of nitrogens with one attached hydrogen (secondary N) is 1. The van der Waals surface area contributed by atoms with Crippen LogP contribution in [0, 0.1) is 0 Å². The van der Waals surface area contributed by atoms with Gasteiger partial charge in [0.2, 0.25) is 5.91 Å². The fourth-order valence-electron chi connectivity index (χ4n) is 4.29. The average molecular weight is 502 g/mol. The molecule has 9 heteroatoms. The highest BCUT2D eigenvalue weighted by atomic mass is 32.2. The van der Waals surface area contributed by atoms with Crippen molar-refractivity contribution in [3.05, 3.63) is 82.2 Å². The van der Waals surface area contributed by atoms with Crippen LogP contribution < -0.4 is 10.9 Å². The Morgan fingerprint density at radius 3 is 2.64 bits per heavy atom. The van der Waals surface area contributed by atoms with Crippen molar-refractivity contribution in [1.29, 1.82) is 0 Å². The number of carbonyl (C=O) groups excluding carboxylic acids is 1. The first-order chi connectivity index (χ1) is 17.7. The summed E-state index contributed by atoms with van der Waals surface area (Å²) >= 11 is 1.18. The third-order valence-corrected chi connectivity index (χ3v) is 6.95. The molecule has 2 aromatic carbocycles. The van der Waals surface area contributed by atoms with Crippen LogP contribution in [0.25, 0.3) is 22.4 Å². The maximum Gasteiger partial charge on any atom is 0.277 e. The fourth-order valence-corrected chi connectivity index (χ4v) is 4.89. The quantitative estimate of drug-likeness (QED) is 0.264. The van der Waals surface area contributed by atoms with Crippen molar-refractivity contribution in [3.8, 4) is 11.6 Å². The minimum absolute atomic E-state index is 0.0730. The molecule has 2 heterocycles. The van der Waals surface area contributed by atoms with E-state index in [0.717, 1.165) is 24.8 Å². The second-order valence-electron chi connectivity index (χ2n) is 8.71. The van der Waals surface area contributed by atoms with Gasteiger partial charge in [0.25, 0.3) is 16.7 Å². The number of benzene rings is 2. The van der Waals surface area contributed by atoms with Crippen molar-refractivity contribution in [2.24, 2.45) is 0 Å². The van der Waals surface area contributed by atoms with E-state index in [1.807, 2.05) is 48.5 Å². The molecule has 36 heavy (non-hydrogen) atoms. The van der Waals surface area contributed by atoms with Gasteiger partial charge in [0, 0.05) is 11.9 Å². The van der Waals surface area contributed by atoms with Gasteiger partial charge in [0.15, 0.2) is 5.69 Å². The summed E-state index contributed by atoms with van der Waals surface area (Å²) in [5.74, 6) is 0.318. The Labute approximate surface area is 212 Å². The Hall–Kier alpha value is -3.72. The Morgan fingerprint density at radius 1 is 1.03 bits per heavy atom. The molecule has 8 nitrogen and oxygen atoms in total. The highest BCUT2D eigenvalue weighted by Crippen LogP contribution is 2.26. The number of amides is 1. The van der Waals surface area contributed by atoms with Crippen LogP contribution >= 0.6 is 11.8 Å². The van der Waals surface area contributed by atoms with E-state index in [0.29, 0.717) is 29.6 Å². The van der Waals surface area contributed by atoms with Crippen LogP contribution in [0.5, 0.6) is 0 Å². The van der Waals surface area contributed by atoms with Gasteiger partial charge in [-0.25, -0.2) is 4.68 Å². The monoisotopic (exact) mass is 501 g/mol. The molecule has 1 amide bonds. The van der Waals surface area contributed by atoms with Gasteiger partial charge in [0.1, 0.15) is 0 Å². The zero-order valence-corrected chi connectivity index (χ0v) is 20.7. The largest absolute Gasteiger partial charge is 0.409 e. The molecule has 0 atom stereocenters. The Morgan fingerprint density at radius 2 is 1.83 bits per heavy atom. The number of nitrogens with zero attached hydrogens (tertiary/aromatic N) is 4. The van der Waals surface area contributed by atoms with Crippen molar-refractivity contribution in [1.82, 2.24) is 25.3 Å². The molecule has 1 N–H and O–H groups in total. The summed E-state index contributed by atoms with van der Waals surface area (Å²) in [4.78, 5) is 25.3. The summed E-state index contributed by atoms with van der Waals surface area (Å²) in [6.45, 7) is 0.962. The van der Waals surface area contributed by atoms with Crippen LogP contribution in [-0.4, -0.2) is 38.2 Å². The summed E-state index contributed by atoms with van der Waals surface area (Å²) in [6.07, 6.45) is 7.98. The molecule has 0 unspecified atom stereocenters. The summed E-state index contributed by atoms with van der Waals surface area (Å²) in [7, 11) is 0. The lowest BCUT2D eigenvalue weighted by Crippen LogP contribution is -2.26. The molecule has 184 valence electrons. The van der Waals surface area contributed by atoms with Gasteiger partial charge < -0.3 is 9.73 Å². The molecule has 2 aromatic heterocycles. The second kappa shape index (κ2) is 11.3. The molecule has 5 rings (SSSR count). The number of allylic oxidation sites excluding steroid dienone is 1. The van der Waals surface area contributed by atoms with Crippen LogP contribution in [0.1, 0.15) is 37.7 Å². The Kier molecular flexibility index (Phi) is 7.56. The molecule has 0 fully saturated rings. The first-order valence-corrected chi connectivity index (χ1v) is 13.1. The number of carbonyl (C=O) groups is 1. The number of rotatable bonds is 9. The first-order valence-electron chi connectivity index (χ1n) is 12.1. The topological polar surface area (TPSA) is 103 Å². The van der Waals surface area contributed by atoms with E-state index in [4.69, 9.17) is 4.42 Å². The molecule has 1 aliphatic rings. The van der Waals surface area contributed by atoms with E-state index in [1.54, 1.807) is 6.07 Å². The number of fused-ring (bicyclic) bond motifs is 1. The number of hydrogen-bond donors (Lipinski definition) is 1. The zero-order chi connectivity index (χ0) is 24.7. The molecule has 0 spiro atoms. The molecule has 0 aliphatic heterocycles. The predicted molar refractivity (Wildman–Crippen MR) is 140 cm³/mol. The molecule has 1 aliphatic carbocycles. The maximum absolute atomic E-state index is 13.1. The summed E-state index contributed by atoms with van der Waals surface area (Å²) in [5.41, 5.74) is 2.64. The van der Waals surface area contributed by atoms with Crippen molar-refractivity contribution in [3.63, 3.8) is 0 Å². The number of thioether (sulfide) groups is 1. The van der Waals surface area contributed by atoms with Crippen molar-refractivity contribution in [2.45, 2.75) is 43.9 Å². The number of aromatic nitrogens is 4. The molecule has 0 saturated heterocycles. The third-order valence-electron chi connectivity index (χ3n) is 6.13. The number of hydrogen-bond acceptors (Lipinski definition) is 7. The third kappa shape index (κ3) is 5.73. The van der Waals surface area contributed by atoms with Crippen LogP contribution in [0.4, 0.5) is 0 Å². The van der Waals surface area contributed by atoms with Gasteiger partial charge in [0.05, 0.1) is 17.7 Å². The maximum atomic E-state index is 13.1. The normalized spacial score (nSPS) is 13.5. The van der Waals surface area contributed by atoms with Crippen LogP contribution in [0.15, 0.2) is 80.7 Å². The van der Waals surface area contributed by atoms with Gasteiger partial charge in [-0.2, -0.15) is 5.10 Å². The fraction of sp³-hybridized carbons (Fsp3) is 0.296. The summed E-state index contributed by atoms with van der Waals surface area (Å²) in [6, 6.07) is 16.9.